The summed E-state index contributed by atoms with van der Waals surface area (Å²) in [6.45, 7) is 4.96. The van der Waals surface area contributed by atoms with Crippen molar-refractivity contribution in [3.63, 3.8) is 0 Å². The highest BCUT2D eigenvalue weighted by Gasteiger charge is 2.18. The molecule has 0 aromatic heterocycles. The van der Waals surface area contributed by atoms with Crippen LogP contribution < -0.4 is 16.0 Å². The molecule has 0 saturated carbocycles. The van der Waals surface area contributed by atoms with Crippen molar-refractivity contribution in [2.24, 2.45) is 10.7 Å². The standard InChI is InChI=1S/C20H26FN5/c21-17-7-9-19(10-8-17)25-13-15-26(16-14-25)20(22)24-12-4-11-23-18-5-2-1-3-6-18/h1-3,5-10,23H,4,11-16H2,(H2,22,24). The van der Waals surface area contributed by atoms with Crippen molar-refractivity contribution >= 4 is 17.3 Å². The minimum absolute atomic E-state index is 0.203. The van der Waals surface area contributed by atoms with E-state index >= 15 is 0 Å². The van der Waals surface area contributed by atoms with E-state index in [-0.39, 0.29) is 5.82 Å². The van der Waals surface area contributed by atoms with Crippen LogP contribution in [0.5, 0.6) is 0 Å². The molecule has 0 unspecified atom stereocenters. The lowest BCUT2D eigenvalue weighted by Gasteiger charge is -2.36. The number of nitrogens with one attached hydrogen (secondary N) is 1. The average molecular weight is 355 g/mol. The normalized spacial score (nSPS) is 15.2. The molecule has 0 radical (unpaired) electrons. The van der Waals surface area contributed by atoms with Gasteiger partial charge in [0.2, 0.25) is 0 Å². The number of nitrogens with zero attached hydrogens (tertiary/aromatic N) is 3. The van der Waals surface area contributed by atoms with Gasteiger partial charge in [0, 0.05) is 50.6 Å². The molecule has 0 bridgehead atoms. The Morgan fingerprint density at radius 2 is 1.69 bits per heavy atom. The molecule has 1 aliphatic rings. The van der Waals surface area contributed by atoms with Crippen LogP contribution in [0.15, 0.2) is 59.6 Å². The van der Waals surface area contributed by atoms with Crippen LogP contribution in [0.1, 0.15) is 6.42 Å². The molecule has 5 nitrogen and oxygen atoms in total. The number of aliphatic imine (C=N–C) groups is 1. The molecular weight excluding hydrogens is 329 g/mol. The maximum Gasteiger partial charge on any atom is 0.191 e. The lowest BCUT2D eigenvalue weighted by atomic mass is 10.2. The van der Waals surface area contributed by atoms with E-state index in [1.807, 2.05) is 30.3 Å². The van der Waals surface area contributed by atoms with Gasteiger partial charge in [-0.25, -0.2) is 4.39 Å². The fraction of sp³-hybridized carbons (Fsp3) is 0.350. The molecule has 0 spiro atoms. The predicted molar refractivity (Wildman–Crippen MR) is 106 cm³/mol. The van der Waals surface area contributed by atoms with Crippen LogP contribution in [0.25, 0.3) is 0 Å². The van der Waals surface area contributed by atoms with Gasteiger partial charge in [0.25, 0.3) is 0 Å². The predicted octanol–water partition coefficient (Wildman–Crippen LogP) is 2.76. The Hall–Kier alpha value is -2.76. The molecule has 0 amide bonds. The van der Waals surface area contributed by atoms with Crippen molar-refractivity contribution in [3.8, 4) is 0 Å². The third kappa shape index (κ3) is 5.12. The molecule has 1 aliphatic heterocycles. The fourth-order valence-electron chi connectivity index (χ4n) is 3.01. The van der Waals surface area contributed by atoms with Crippen LogP contribution in [0.4, 0.5) is 15.8 Å². The molecule has 1 heterocycles. The summed E-state index contributed by atoms with van der Waals surface area (Å²) in [5, 5.41) is 3.37. The van der Waals surface area contributed by atoms with E-state index in [0.717, 1.165) is 50.5 Å². The first kappa shape index (κ1) is 18.0. The highest BCUT2D eigenvalue weighted by Crippen LogP contribution is 2.16. The number of anilines is 2. The largest absolute Gasteiger partial charge is 0.385 e. The zero-order valence-corrected chi connectivity index (χ0v) is 14.9. The van der Waals surface area contributed by atoms with E-state index in [1.54, 1.807) is 0 Å². The van der Waals surface area contributed by atoms with Gasteiger partial charge >= 0.3 is 0 Å². The molecule has 1 saturated heterocycles. The van der Waals surface area contributed by atoms with Crippen LogP contribution in [0.2, 0.25) is 0 Å². The Kier molecular flexibility index (Phi) is 6.30. The summed E-state index contributed by atoms with van der Waals surface area (Å²) < 4.78 is 13.0. The molecule has 26 heavy (non-hydrogen) atoms. The first-order valence-electron chi connectivity index (χ1n) is 9.07. The summed E-state index contributed by atoms with van der Waals surface area (Å²) >= 11 is 0. The molecule has 0 atom stereocenters. The van der Waals surface area contributed by atoms with Crippen molar-refractivity contribution in [2.75, 3.05) is 49.5 Å². The molecule has 3 rings (SSSR count). The summed E-state index contributed by atoms with van der Waals surface area (Å²) in [6.07, 6.45) is 0.936. The molecule has 138 valence electrons. The summed E-state index contributed by atoms with van der Waals surface area (Å²) in [5.41, 5.74) is 8.31. The number of rotatable bonds is 6. The maximum atomic E-state index is 13.0. The monoisotopic (exact) mass is 355 g/mol. The van der Waals surface area contributed by atoms with E-state index in [4.69, 9.17) is 5.73 Å². The summed E-state index contributed by atoms with van der Waals surface area (Å²) in [6, 6.07) is 16.8. The zero-order chi connectivity index (χ0) is 18.2. The van der Waals surface area contributed by atoms with E-state index in [9.17, 15) is 4.39 Å². The van der Waals surface area contributed by atoms with Crippen LogP contribution in [-0.4, -0.2) is 50.1 Å². The van der Waals surface area contributed by atoms with Crippen LogP contribution >= 0.6 is 0 Å². The Morgan fingerprint density at radius 1 is 1.00 bits per heavy atom. The maximum absolute atomic E-state index is 13.0. The highest BCUT2D eigenvalue weighted by atomic mass is 19.1. The molecule has 1 fully saturated rings. The number of hydrogen-bond donors (Lipinski definition) is 2. The second-order valence-corrected chi connectivity index (χ2v) is 6.34. The molecule has 2 aromatic rings. The van der Waals surface area contributed by atoms with Gasteiger partial charge in [-0.3, -0.25) is 4.99 Å². The lowest BCUT2D eigenvalue weighted by molar-refractivity contribution is 0.380. The summed E-state index contributed by atoms with van der Waals surface area (Å²) in [4.78, 5) is 8.86. The van der Waals surface area contributed by atoms with E-state index < -0.39 is 0 Å². The SMILES string of the molecule is NC(=NCCCNc1ccccc1)N1CCN(c2ccc(F)cc2)CC1. The number of para-hydroxylation sites is 1. The van der Waals surface area contributed by atoms with Crippen molar-refractivity contribution in [3.05, 3.63) is 60.4 Å². The first-order valence-corrected chi connectivity index (χ1v) is 9.07. The fourth-order valence-corrected chi connectivity index (χ4v) is 3.01. The van der Waals surface area contributed by atoms with Gasteiger partial charge < -0.3 is 20.9 Å². The van der Waals surface area contributed by atoms with Gasteiger partial charge in [-0.15, -0.1) is 0 Å². The quantitative estimate of drug-likeness (QED) is 0.475. The van der Waals surface area contributed by atoms with Crippen molar-refractivity contribution < 1.29 is 4.39 Å². The second-order valence-electron chi connectivity index (χ2n) is 6.34. The molecular formula is C20H26FN5. The van der Waals surface area contributed by atoms with Gasteiger partial charge in [0.05, 0.1) is 0 Å². The van der Waals surface area contributed by atoms with Gasteiger partial charge in [-0.05, 0) is 42.8 Å². The topological polar surface area (TPSA) is 56.9 Å². The summed E-state index contributed by atoms with van der Waals surface area (Å²) in [7, 11) is 0. The van der Waals surface area contributed by atoms with Crippen molar-refractivity contribution in [1.29, 1.82) is 0 Å². The van der Waals surface area contributed by atoms with Crippen LogP contribution in [0, 0.1) is 5.82 Å². The number of piperazine rings is 1. The average Bonchev–Trinajstić information content (AvgIpc) is 2.69. The minimum atomic E-state index is -0.203. The van der Waals surface area contributed by atoms with Crippen LogP contribution in [0.3, 0.4) is 0 Å². The van der Waals surface area contributed by atoms with Crippen LogP contribution in [-0.2, 0) is 0 Å². The number of hydrogen-bond acceptors (Lipinski definition) is 3. The smallest absolute Gasteiger partial charge is 0.191 e. The minimum Gasteiger partial charge on any atom is -0.385 e. The number of guanidine groups is 1. The third-order valence-corrected chi connectivity index (χ3v) is 4.51. The summed E-state index contributed by atoms with van der Waals surface area (Å²) in [5.74, 6) is 0.411. The van der Waals surface area contributed by atoms with E-state index in [2.05, 4.69) is 32.2 Å². The lowest BCUT2D eigenvalue weighted by Crippen LogP contribution is -2.51. The van der Waals surface area contributed by atoms with Gasteiger partial charge in [-0.1, -0.05) is 18.2 Å². The van der Waals surface area contributed by atoms with Gasteiger partial charge in [0.1, 0.15) is 5.82 Å². The molecule has 6 heteroatoms. The van der Waals surface area contributed by atoms with E-state index in [1.165, 1.54) is 12.1 Å². The number of benzene rings is 2. The van der Waals surface area contributed by atoms with E-state index in [0.29, 0.717) is 12.5 Å². The number of halogens is 1. The molecule has 0 aliphatic carbocycles. The zero-order valence-electron chi connectivity index (χ0n) is 14.9. The Morgan fingerprint density at radius 3 is 2.38 bits per heavy atom. The Balaban J connectivity index is 1.38. The highest BCUT2D eigenvalue weighted by molar-refractivity contribution is 5.78. The second kappa shape index (κ2) is 9.08. The van der Waals surface area contributed by atoms with Gasteiger partial charge in [0.15, 0.2) is 5.96 Å². The molecule has 2 aromatic carbocycles. The van der Waals surface area contributed by atoms with Crippen molar-refractivity contribution in [1.82, 2.24) is 4.90 Å². The third-order valence-electron chi connectivity index (χ3n) is 4.51. The number of nitrogens with two attached hydrogens (primary N) is 1. The Bertz CT molecular complexity index is 694. The van der Waals surface area contributed by atoms with Crippen molar-refractivity contribution in [2.45, 2.75) is 6.42 Å². The Labute approximate surface area is 154 Å². The first-order chi connectivity index (χ1) is 12.7. The molecule has 3 N–H and O–H groups in total. The van der Waals surface area contributed by atoms with Gasteiger partial charge in [-0.2, -0.15) is 0 Å².